The lowest BCUT2D eigenvalue weighted by molar-refractivity contribution is -0.138. The van der Waals surface area contributed by atoms with Gasteiger partial charge in [0.2, 0.25) is 0 Å². The summed E-state index contributed by atoms with van der Waals surface area (Å²) in [5.74, 6) is -1.17. The molecule has 0 aromatic rings. The molecule has 0 atom stereocenters. The molecule has 0 aliphatic carbocycles. The Morgan fingerprint density at radius 2 is 1.29 bits per heavy atom. The van der Waals surface area contributed by atoms with Crippen molar-refractivity contribution in [1.29, 1.82) is 0 Å². The molecule has 0 spiro atoms. The van der Waals surface area contributed by atoms with Crippen LogP contribution in [0.3, 0.4) is 0 Å². The SMILES string of the molecule is C=CC(=O)OCCNC(=O)OCC(CC)(COCCC[SiH](C)C)COC(=O)NCCOC(=O)C=C. The van der Waals surface area contributed by atoms with Gasteiger partial charge in [-0.1, -0.05) is 39.2 Å². The second kappa shape index (κ2) is 19.4. The summed E-state index contributed by atoms with van der Waals surface area (Å²) in [5, 5.41) is 4.97. The van der Waals surface area contributed by atoms with Gasteiger partial charge in [-0.05, 0) is 12.8 Å². The van der Waals surface area contributed by atoms with Crippen LogP contribution in [0.5, 0.6) is 0 Å². The molecule has 0 heterocycles. The number of amides is 2. The lowest BCUT2D eigenvalue weighted by atomic mass is 9.88. The van der Waals surface area contributed by atoms with Gasteiger partial charge in [0.05, 0.1) is 25.1 Å². The number of rotatable bonds is 19. The zero-order valence-electron chi connectivity index (χ0n) is 21.1. The molecule has 0 saturated heterocycles. The molecule has 0 saturated carbocycles. The van der Waals surface area contributed by atoms with E-state index in [2.05, 4.69) is 36.9 Å². The number of ether oxygens (including phenoxy) is 5. The summed E-state index contributed by atoms with van der Waals surface area (Å²) in [4.78, 5) is 46.2. The summed E-state index contributed by atoms with van der Waals surface area (Å²) in [6, 6.07) is 1.16. The third-order valence-electron chi connectivity index (χ3n) is 4.81. The Hall–Kier alpha value is -2.86. The van der Waals surface area contributed by atoms with Gasteiger partial charge in [-0.2, -0.15) is 0 Å². The van der Waals surface area contributed by atoms with Crippen LogP contribution in [0.4, 0.5) is 9.59 Å². The highest BCUT2D eigenvalue weighted by Gasteiger charge is 2.33. The maximum Gasteiger partial charge on any atom is 0.407 e. The van der Waals surface area contributed by atoms with Gasteiger partial charge in [0.15, 0.2) is 0 Å². The van der Waals surface area contributed by atoms with Gasteiger partial charge >= 0.3 is 24.1 Å². The number of hydrogen-bond acceptors (Lipinski definition) is 9. The van der Waals surface area contributed by atoms with E-state index in [4.69, 9.17) is 23.7 Å². The first-order valence-corrected chi connectivity index (χ1v) is 14.8. The van der Waals surface area contributed by atoms with Crippen molar-refractivity contribution < 1.29 is 42.9 Å². The van der Waals surface area contributed by atoms with Gasteiger partial charge in [-0.25, -0.2) is 19.2 Å². The van der Waals surface area contributed by atoms with Crippen molar-refractivity contribution in [3.63, 3.8) is 0 Å². The van der Waals surface area contributed by atoms with Crippen LogP contribution in [0.2, 0.25) is 19.1 Å². The molecule has 0 bridgehead atoms. The van der Waals surface area contributed by atoms with E-state index in [1.54, 1.807) is 0 Å². The minimum absolute atomic E-state index is 0.0213. The molecule has 0 rings (SSSR count). The first-order valence-electron chi connectivity index (χ1n) is 11.7. The Morgan fingerprint density at radius 1 is 0.800 bits per heavy atom. The quantitative estimate of drug-likeness (QED) is 0.0869. The van der Waals surface area contributed by atoms with Crippen molar-refractivity contribution in [2.24, 2.45) is 5.41 Å². The molecule has 0 aliphatic heterocycles. The third kappa shape index (κ3) is 17.3. The predicted molar refractivity (Wildman–Crippen MR) is 133 cm³/mol. The zero-order chi connectivity index (χ0) is 26.5. The predicted octanol–water partition coefficient (Wildman–Crippen LogP) is 2.19. The summed E-state index contributed by atoms with van der Waals surface area (Å²) in [6.45, 7) is 13.8. The number of carbonyl (C=O) groups excluding carboxylic acids is 4. The average molecular weight is 517 g/mol. The monoisotopic (exact) mass is 516 g/mol. The van der Waals surface area contributed by atoms with Crippen LogP contribution >= 0.6 is 0 Å². The number of esters is 2. The third-order valence-corrected chi connectivity index (χ3v) is 6.38. The van der Waals surface area contributed by atoms with E-state index in [-0.39, 0.29) is 46.1 Å². The maximum absolute atomic E-state index is 12.1. The van der Waals surface area contributed by atoms with Crippen LogP contribution in [-0.4, -0.2) is 85.7 Å². The maximum atomic E-state index is 12.1. The second-order valence-corrected chi connectivity index (χ2v) is 11.6. The highest BCUT2D eigenvalue weighted by molar-refractivity contribution is 6.55. The molecule has 2 amide bonds. The summed E-state index contributed by atoms with van der Waals surface area (Å²) in [7, 11) is -0.671. The largest absolute Gasteiger partial charge is 0.461 e. The van der Waals surface area contributed by atoms with Gasteiger partial charge in [0.25, 0.3) is 0 Å². The first-order chi connectivity index (χ1) is 16.7. The summed E-state index contributed by atoms with van der Waals surface area (Å²) in [6.07, 6.45) is 2.12. The van der Waals surface area contributed by atoms with Gasteiger partial charge in [0.1, 0.15) is 26.4 Å². The second-order valence-electron chi connectivity index (χ2n) is 8.19. The van der Waals surface area contributed by atoms with Gasteiger partial charge in [-0.15, -0.1) is 0 Å². The Balaban J connectivity index is 4.73. The molecule has 0 radical (unpaired) electrons. The highest BCUT2D eigenvalue weighted by atomic mass is 28.3. The number of nitrogens with one attached hydrogen (secondary N) is 2. The fraction of sp³-hybridized carbons (Fsp3) is 0.652. The zero-order valence-corrected chi connectivity index (χ0v) is 22.3. The van der Waals surface area contributed by atoms with Crippen molar-refractivity contribution in [3.05, 3.63) is 25.3 Å². The molecule has 0 fully saturated rings. The topological polar surface area (TPSA) is 138 Å². The standard InChI is InChI=1S/C23H40N2O9Si/c1-6-19(26)31-13-10-24-21(28)33-17-23(8-3,16-30-12-9-15-35(4)5)18-34-22(29)25-11-14-32-20(27)7-2/h6-7,35H,1-2,8-18H2,3-5H3,(H,24,28)(H,25,29). The van der Waals surface area contributed by atoms with Crippen LogP contribution < -0.4 is 10.6 Å². The number of hydrogen-bond donors (Lipinski definition) is 2. The van der Waals surface area contributed by atoms with Crippen molar-refractivity contribution in [3.8, 4) is 0 Å². The molecule has 11 nitrogen and oxygen atoms in total. The van der Waals surface area contributed by atoms with Crippen LogP contribution in [0.1, 0.15) is 19.8 Å². The lowest BCUT2D eigenvalue weighted by Gasteiger charge is -2.31. The van der Waals surface area contributed by atoms with Crippen LogP contribution in [-0.2, 0) is 33.3 Å². The van der Waals surface area contributed by atoms with Crippen LogP contribution in [0.25, 0.3) is 0 Å². The Bertz CT molecular complexity index is 642. The summed E-state index contributed by atoms with van der Waals surface area (Å²) < 4.78 is 26.1. The van der Waals surface area contributed by atoms with Gasteiger partial charge in [-0.3, -0.25) is 0 Å². The Kier molecular flexibility index (Phi) is 17.9. The molecule has 0 unspecified atom stereocenters. The van der Waals surface area contributed by atoms with Gasteiger partial charge < -0.3 is 34.3 Å². The van der Waals surface area contributed by atoms with Crippen LogP contribution in [0.15, 0.2) is 25.3 Å². The fourth-order valence-corrected chi connectivity index (χ4v) is 3.56. The summed E-state index contributed by atoms with van der Waals surface area (Å²) in [5.41, 5.74) is -0.755. The normalized spacial score (nSPS) is 10.7. The highest BCUT2D eigenvalue weighted by Crippen LogP contribution is 2.24. The van der Waals surface area contributed by atoms with Gasteiger partial charge in [0, 0.05) is 27.6 Å². The Labute approximate surface area is 209 Å². The molecule has 2 N–H and O–H groups in total. The molecule has 200 valence electrons. The van der Waals surface area contributed by atoms with E-state index < -0.39 is 38.3 Å². The number of carbonyl (C=O) groups is 4. The van der Waals surface area contributed by atoms with Crippen molar-refractivity contribution in [2.75, 3.05) is 52.7 Å². The number of alkyl carbamates (subject to hydrolysis) is 2. The molecular formula is C23H40N2O9Si. The molecule has 12 heteroatoms. The minimum Gasteiger partial charge on any atom is -0.461 e. The molecule has 0 aromatic heterocycles. The van der Waals surface area contributed by atoms with E-state index in [0.29, 0.717) is 13.0 Å². The van der Waals surface area contributed by atoms with E-state index in [1.807, 2.05) is 6.92 Å². The minimum atomic E-state index is -0.755. The van der Waals surface area contributed by atoms with E-state index in [9.17, 15) is 19.2 Å². The molecular weight excluding hydrogens is 476 g/mol. The molecule has 0 aromatic carbocycles. The van der Waals surface area contributed by atoms with E-state index in [0.717, 1.165) is 24.6 Å². The first kappa shape index (κ1) is 32.1. The summed E-state index contributed by atoms with van der Waals surface area (Å²) >= 11 is 0. The lowest BCUT2D eigenvalue weighted by Crippen LogP contribution is -2.41. The van der Waals surface area contributed by atoms with Crippen molar-refractivity contribution in [2.45, 2.75) is 38.9 Å². The van der Waals surface area contributed by atoms with E-state index >= 15 is 0 Å². The van der Waals surface area contributed by atoms with Crippen molar-refractivity contribution in [1.82, 2.24) is 10.6 Å². The smallest absolute Gasteiger partial charge is 0.407 e. The van der Waals surface area contributed by atoms with E-state index in [1.165, 1.54) is 0 Å². The van der Waals surface area contributed by atoms with Crippen molar-refractivity contribution >= 4 is 32.9 Å². The Morgan fingerprint density at radius 3 is 1.69 bits per heavy atom. The van der Waals surface area contributed by atoms with Crippen LogP contribution in [0, 0.1) is 5.41 Å². The molecule has 0 aliphatic rings. The average Bonchev–Trinajstić information content (AvgIpc) is 2.84. The fourth-order valence-electron chi connectivity index (χ4n) is 2.58. The molecule has 35 heavy (non-hydrogen) atoms.